The third kappa shape index (κ3) is 5.72. The Morgan fingerprint density at radius 2 is 1.68 bits per heavy atom. The molecule has 3 heterocycles. The van der Waals surface area contributed by atoms with Gasteiger partial charge in [0.2, 0.25) is 5.91 Å². The van der Waals surface area contributed by atoms with E-state index in [4.69, 9.17) is 14.2 Å². The summed E-state index contributed by atoms with van der Waals surface area (Å²) >= 11 is 0. The fourth-order valence-corrected chi connectivity index (χ4v) is 5.43. The van der Waals surface area contributed by atoms with Gasteiger partial charge in [0.1, 0.15) is 11.5 Å². The van der Waals surface area contributed by atoms with Gasteiger partial charge in [-0.05, 0) is 68.6 Å². The highest BCUT2D eigenvalue weighted by Crippen LogP contribution is 2.35. The lowest BCUT2D eigenvalue weighted by molar-refractivity contribution is -0.132. The number of methoxy groups -OCH3 is 2. The van der Waals surface area contributed by atoms with E-state index in [1.807, 2.05) is 23.1 Å². The lowest BCUT2D eigenvalue weighted by atomic mass is 9.84. The van der Waals surface area contributed by atoms with Crippen LogP contribution in [0, 0.1) is 5.92 Å². The molecular weight excluding hydrogens is 392 g/mol. The topological polar surface area (TPSA) is 51.2 Å². The number of likely N-dealkylation sites (tertiary alicyclic amines) is 2. The summed E-state index contributed by atoms with van der Waals surface area (Å²) in [7, 11) is 3.27. The normalized spacial score (nSPS) is 22.5. The number of amides is 1. The van der Waals surface area contributed by atoms with E-state index in [9.17, 15) is 4.79 Å². The van der Waals surface area contributed by atoms with Crippen LogP contribution in [0.25, 0.3) is 0 Å². The molecule has 1 spiro atoms. The average Bonchev–Trinajstić information content (AvgIpc) is 2.81. The second-order valence-electron chi connectivity index (χ2n) is 9.51. The average molecular weight is 431 g/mol. The molecule has 0 N–H and O–H groups in total. The summed E-state index contributed by atoms with van der Waals surface area (Å²) in [6.45, 7) is 6.19. The van der Waals surface area contributed by atoms with Gasteiger partial charge in [-0.2, -0.15) is 0 Å². The van der Waals surface area contributed by atoms with Gasteiger partial charge in [0.05, 0.1) is 26.2 Å². The molecule has 0 unspecified atom stereocenters. The van der Waals surface area contributed by atoms with Crippen LogP contribution in [-0.2, 0) is 16.0 Å². The van der Waals surface area contributed by atoms with E-state index in [-0.39, 0.29) is 11.5 Å². The SMILES string of the molecule is COc1cc(CC(=O)N2CCC(CN3CCC4(CCCCO4)CC3)CC2)cc(OC)c1. The van der Waals surface area contributed by atoms with Crippen molar-refractivity contribution < 1.29 is 19.0 Å². The molecule has 1 aromatic rings. The molecule has 0 aromatic heterocycles. The van der Waals surface area contributed by atoms with Crippen molar-refractivity contribution in [1.29, 1.82) is 0 Å². The highest BCUT2D eigenvalue weighted by molar-refractivity contribution is 5.79. The first-order chi connectivity index (χ1) is 15.1. The highest BCUT2D eigenvalue weighted by atomic mass is 16.5. The lowest BCUT2D eigenvalue weighted by Gasteiger charge is -2.45. The number of piperidine rings is 2. The quantitative estimate of drug-likeness (QED) is 0.691. The number of carbonyl (C=O) groups excluding carboxylic acids is 1. The van der Waals surface area contributed by atoms with E-state index in [1.54, 1.807) is 14.2 Å². The van der Waals surface area contributed by atoms with Crippen LogP contribution in [0.3, 0.4) is 0 Å². The van der Waals surface area contributed by atoms with Crippen molar-refractivity contribution in [3.8, 4) is 11.5 Å². The maximum atomic E-state index is 12.9. The molecule has 172 valence electrons. The summed E-state index contributed by atoms with van der Waals surface area (Å²) in [6.07, 6.45) is 8.79. The van der Waals surface area contributed by atoms with E-state index in [1.165, 1.54) is 38.6 Å². The molecule has 6 heteroatoms. The molecule has 0 saturated carbocycles. The van der Waals surface area contributed by atoms with Gasteiger partial charge in [0.25, 0.3) is 0 Å². The number of nitrogens with zero attached hydrogens (tertiary/aromatic N) is 2. The van der Waals surface area contributed by atoms with E-state index < -0.39 is 0 Å². The number of rotatable bonds is 6. The molecule has 3 aliphatic heterocycles. The standard InChI is InChI=1S/C25H38N2O4/c1-29-22-15-21(16-23(18-22)30-2)17-24(28)27-10-5-20(6-11-27)19-26-12-8-25(9-13-26)7-3-4-14-31-25/h15-16,18,20H,3-14,17,19H2,1-2H3. The number of ether oxygens (including phenoxy) is 3. The number of hydrogen-bond acceptors (Lipinski definition) is 5. The molecule has 0 bridgehead atoms. The minimum absolute atomic E-state index is 0.188. The van der Waals surface area contributed by atoms with Crippen LogP contribution in [0.1, 0.15) is 50.5 Å². The van der Waals surface area contributed by atoms with E-state index in [0.717, 1.165) is 62.7 Å². The molecule has 1 aromatic carbocycles. The van der Waals surface area contributed by atoms with Crippen molar-refractivity contribution in [1.82, 2.24) is 9.80 Å². The molecule has 4 rings (SSSR count). The van der Waals surface area contributed by atoms with Crippen LogP contribution in [0.4, 0.5) is 0 Å². The van der Waals surface area contributed by atoms with Crippen LogP contribution in [-0.4, -0.2) is 74.9 Å². The largest absolute Gasteiger partial charge is 0.497 e. The predicted molar refractivity (Wildman–Crippen MR) is 121 cm³/mol. The smallest absolute Gasteiger partial charge is 0.226 e. The lowest BCUT2D eigenvalue weighted by Crippen LogP contribution is -2.49. The summed E-state index contributed by atoms with van der Waals surface area (Å²) in [6, 6.07) is 5.68. The van der Waals surface area contributed by atoms with Crippen LogP contribution in [0.15, 0.2) is 18.2 Å². The minimum Gasteiger partial charge on any atom is -0.497 e. The Balaban J connectivity index is 1.21. The molecule has 3 aliphatic rings. The van der Waals surface area contributed by atoms with Crippen molar-refractivity contribution in [2.75, 3.05) is 53.6 Å². The third-order valence-corrected chi connectivity index (χ3v) is 7.45. The Hall–Kier alpha value is -1.79. The van der Waals surface area contributed by atoms with Crippen LogP contribution < -0.4 is 9.47 Å². The zero-order chi connectivity index (χ0) is 21.7. The van der Waals surface area contributed by atoms with Gasteiger partial charge >= 0.3 is 0 Å². The van der Waals surface area contributed by atoms with Crippen molar-refractivity contribution in [3.05, 3.63) is 23.8 Å². The summed E-state index contributed by atoms with van der Waals surface area (Å²) in [5.41, 5.74) is 1.13. The van der Waals surface area contributed by atoms with Gasteiger partial charge in [-0.25, -0.2) is 0 Å². The second-order valence-corrected chi connectivity index (χ2v) is 9.51. The van der Waals surface area contributed by atoms with Crippen molar-refractivity contribution in [2.45, 2.75) is 57.0 Å². The first-order valence-corrected chi connectivity index (χ1v) is 12.0. The number of benzene rings is 1. The molecule has 31 heavy (non-hydrogen) atoms. The molecule has 3 fully saturated rings. The Morgan fingerprint density at radius 1 is 1.00 bits per heavy atom. The summed E-state index contributed by atoms with van der Waals surface area (Å²) < 4.78 is 16.8. The Morgan fingerprint density at radius 3 is 2.26 bits per heavy atom. The van der Waals surface area contributed by atoms with Crippen LogP contribution in [0.2, 0.25) is 0 Å². The highest BCUT2D eigenvalue weighted by Gasteiger charge is 2.37. The fourth-order valence-electron chi connectivity index (χ4n) is 5.43. The maximum Gasteiger partial charge on any atom is 0.226 e. The molecular formula is C25H38N2O4. The monoisotopic (exact) mass is 430 g/mol. The Kier molecular flexibility index (Phi) is 7.39. The van der Waals surface area contributed by atoms with Gasteiger partial charge in [0.15, 0.2) is 0 Å². The van der Waals surface area contributed by atoms with Crippen molar-refractivity contribution in [2.24, 2.45) is 5.92 Å². The zero-order valence-corrected chi connectivity index (χ0v) is 19.2. The summed E-state index contributed by atoms with van der Waals surface area (Å²) in [4.78, 5) is 17.5. The fraction of sp³-hybridized carbons (Fsp3) is 0.720. The van der Waals surface area contributed by atoms with Crippen molar-refractivity contribution in [3.63, 3.8) is 0 Å². The van der Waals surface area contributed by atoms with E-state index in [0.29, 0.717) is 12.3 Å². The van der Waals surface area contributed by atoms with E-state index >= 15 is 0 Å². The third-order valence-electron chi connectivity index (χ3n) is 7.45. The maximum absolute atomic E-state index is 12.9. The predicted octanol–water partition coefficient (Wildman–Crippen LogP) is 3.52. The molecule has 0 aliphatic carbocycles. The van der Waals surface area contributed by atoms with Gasteiger partial charge in [-0.3, -0.25) is 4.79 Å². The molecule has 0 radical (unpaired) electrons. The number of hydrogen-bond donors (Lipinski definition) is 0. The van der Waals surface area contributed by atoms with Gasteiger partial charge in [0, 0.05) is 45.4 Å². The van der Waals surface area contributed by atoms with Gasteiger partial charge in [-0.1, -0.05) is 0 Å². The van der Waals surface area contributed by atoms with Gasteiger partial charge < -0.3 is 24.0 Å². The Labute approximate surface area is 186 Å². The minimum atomic E-state index is 0.188. The van der Waals surface area contributed by atoms with E-state index in [2.05, 4.69) is 4.90 Å². The van der Waals surface area contributed by atoms with Crippen LogP contribution >= 0.6 is 0 Å². The molecule has 6 nitrogen and oxygen atoms in total. The first-order valence-electron chi connectivity index (χ1n) is 12.0. The van der Waals surface area contributed by atoms with Crippen LogP contribution in [0.5, 0.6) is 11.5 Å². The second kappa shape index (κ2) is 10.2. The zero-order valence-electron chi connectivity index (χ0n) is 19.2. The summed E-state index contributed by atoms with van der Waals surface area (Å²) in [5.74, 6) is 2.34. The molecule has 1 amide bonds. The van der Waals surface area contributed by atoms with Crippen molar-refractivity contribution >= 4 is 5.91 Å². The number of carbonyl (C=O) groups is 1. The first kappa shape index (κ1) is 22.4. The molecule has 0 atom stereocenters. The molecule has 3 saturated heterocycles. The van der Waals surface area contributed by atoms with Gasteiger partial charge in [-0.15, -0.1) is 0 Å². The Bertz CT molecular complexity index is 707. The summed E-state index contributed by atoms with van der Waals surface area (Å²) in [5, 5.41) is 0.